The third kappa shape index (κ3) is 6.77. The second-order valence-electron chi connectivity index (χ2n) is 5.25. The predicted octanol–water partition coefficient (Wildman–Crippen LogP) is 2.82. The van der Waals surface area contributed by atoms with E-state index in [-0.39, 0.29) is 10.8 Å². The van der Waals surface area contributed by atoms with E-state index >= 15 is 0 Å². The molecule has 0 saturated carbocycles. The third-order valence-electron chi connectivity index (χ3n) is 3.24. The van der Waals surface area contributed by atoms with Gasteiger partial charge in [-0.2, -0.15) is 13.7 Å². The van der Waals surface area contributed by atoms with E-state index in [1.807, 2.05) is 6.07 Å². The molecule has 0 aliphatic heterocycles. The second kappa shape index (κ2) is 9.75. The highest BCUT2D eigenvalue weighted by molar-refractivity contribution is 8.15. The maximum Gasteiger partial charge on any atom is 0.366 e. The molecule has 2 rings (SSSR count). The molecular formula is C18H16N2O5S2. The Hall–Kier alpha value is -2.83. The number of carbonyl (C=O) groups is 1. The number of benzene rings is 2. The van der Waals surface area contributed by atoms with Crippen molar-refractivity contribution in [1.82, 2.24) is 0 Å². The van der Waals surface area contributed by atoms with Gasteiger partial charge in [0, 0.05) is 5.75 Å². The predicted molar refractivity (Wildman–Crippen MR) is 102 cm³/mol. The molecule has 140 valence electrons. The number of nitrogens with zero attached hydrogens (tertiary/aromatic N) is 2. The number of ether oxygens (including phenoxy) is 1. The molecule has 0 bridgehead atoms. The smallest absolute Gasteiger partial charge is 0.366 e. The van der Waals surface area contributed by atoms with Gasteiger partial charge in [-0.1, -0.05) is 59.4 Å². The van der Waals surface area contributed by atoms with Gasteiger partial charge in [0.1, 0.15) is 5.75 Å². The molecule has 0 aliphatic carbocycles. The fourth-order valence-electron chi connectivity index (χ4n) is 1.93. The Balaban J connectivity index is 2.05. The van der Waals surface area contributed by atoms with Crippen LogP contribution in [0.3, 0.4) is 0 Å². The van der Waals surface area contributed by atoms with Crippen LogP contribution in [0.25, 0.3) is 0 Å². The lowest BCUT2D eigenvalue weighted by atomic mass is 10.2. The Morgan fingerprint density at radius 1 is 1.11 bits per heavy atom. The topological polar surface area (TPSA) is 106 Å². The van der Waals surface area contributed by atoms with E-state index in [9.17, 15) is 13.2 Å². The fourth-order valence-corrected chi connectivity index (χ4v) is 3.61. The van der Waals surface area contributed by atoms with Crippen LogP contribution in [-0.4, -0.2) is 26.5 Å². The van der Waals surface area contributed by atoms with Crippen molar-refractivity contribution in [2.45, 2.75) is 11.5 Å². The third-order valence-corrected chi connectivity index (χ3v) is 5.22. The van der Waals surface area contributed by atoms with Crippen molar-refractivity contribution in [3.8, 4) is 6.07 Å². The van der Waals surface area contributed by atoms with Crippen molar-refractivity contribution in [2.75, 3.05) is 7.11 Å². The van der Waals surface area contributed by atoms with Gasteiger partial charge < -0.3 is 4.74 Å². The number of hydrogen-bond donors (Lipinski definition) is 0. The van der Waals surface area contributed by atoms with Crippen LogP contribution in [-0.2, 0) is 35.4 Å². The summed E-state index contributed by atoms with van der Waals surface area (Å²) < 4.78 is 33.3. The van der Waals surface area contributed by atoms with Crippen LogP contribution in [0.15, 0.2) is 59.8 Å². The monoisotopic (exact) mass is 404 g/mol. The van der Waals surface area contributed by atoms with E-state index < -0.39 is 16.1 Å². The number of rotatable bonds is 6. The molecule has 7 nitrogen and oxygen atoms in total. The Bertz CT molecular complexity index is 949. The highest BCUT2D eigenvalue weighted by Gasteiger charge is 2.18. The zero-order valence-electron chi connectivity index (χ0n) is 14.4. The van der Waals surface area contributed by atoms with Crippen LogP contribution in [0, 0.1) is 11.3 Å². The van der Waals surface area contributed by atoms with Gasteiger partial charge in [0.25, 0.3) is 0 Å². The number of carbonyl (C=O) groups excluding carboxylic acids is 1. The minimum absolute atomic E-state index is 0.224. The summed E-state index contributed by atoms with van der Waals surface area (Å²) in [6.45, 7) is 0. The molecule has 0 spiro atoms. The first-order valence-corrected chi connectivity index (χ1v) is 10.2. The van der Waals surface area contributed by atoms with Crippen LogP contribution < -0.4 is 0 Å². The van der Waals surface area contributed by atoms with Crippen molar-refractivity contribution in [2.24, 2.45) is 5.16 Å². The Kier molecular flexibility index (Phi) is 7.40. The zero-order chi connectivity index (χ0) is 19.7. The number of esters is 1. The molecule has 0 fully saturated rings. The minimum atomic E-state index is -4.01. The molecule has 2 aromatic carbocycles. The lowest BCUT2D eigenvalue weighted by Gasteiger charge is -2.06. The lowest BCUT2D eigenvalue weighted by molar-refractivity contribution is -0.132. The first-order valence-electron chi connectivity index (χ1n) is 7.67. The molecule has 0 aromatic heterocycles. The van der Waals surface area contributed by atoms with Gasteiger partial charge in [0.05, 0.1) is 18.7 Å². The molecule has 9 heteroatoms. The van der Waals surface area contributed by atoms with Gasteiger partial charge in [-0.15, -0.1) is 0 Å². The number of thioether (sulfide) groups is 1. The average molecular weight is 404 g/mol. The summed E-state index contributed by atoms with van der Waals surface area (Å²) in [5.41, 5.74) is 1.88. The summed E-state index contributed by atoms with van der Waals surface area (Å²) in [5, 5.41) is 12.0. The summed E-state index contributed by atoms with van der Waals surface area (Å²) in [6.07, 6.45) is 0. The van der Waals surface area contributed by atoms with Crippen LogP contribution in [0.5, 0.6) is 0 Å². The summed E-state index contributed by atoms with van der Waals surface area (Å²) in [7, 11) is -2.84. The molecule has 0 amide bonds. The number of methoxy groups -OCH3 is 1. The van der Waals surface area contributed by atoms with Gasteiger partial charge in [0.15, 0.2) is 0 Å². The van der Waals surface area contributed by atoms with Crippen LogP contribution in [0.2, 0.25) is 0 Å². The lowest BCUT2D eigenvalue weighted by Crippen LogP contribution is -2.15. The van der Waals surface area contributed by atoms with Crippen molar-refractivity contribution in [3.63, 3.8) is 0 Å². The van der Waals surface area contributed by atoms with Gasteiger partial charge >= 0.3 is 16.1 Å². The SMILES string of the molecule is COC(=O)C(=NOS(=O)(=O)Cc1ccccc1)SCc1ccc(C#N)cc1. The van der Waals surface area contributed by atoms with Crippen molar-refractivity contribution in [1.29, 1.82) is 5.26 Å². The van der Waals surface area contributed by atoms with Crippen LogP contribution in [0.4, 0.5) is 0 Å². The standard InChI is InChI=1S/C18H16N2O5S2/c1-24-18(21)17(26-12-15-9-7-14(11-19)8-10-15)20-25-27(22,23)13-16-5-3-2-4-6-16/h2-10H,12-13H2,1H3. The molecule has 2 aromatic rings. The molecule has 0 aliphatic rings. The molecule has 27 heavy (non-hydrogen) atoms. The Morgan fingerprint density at radius 3 is 2.37 bits per heavy atom. The molecule has 0 radical (unpaired) electrons. The van der Waals surface area contributed by atoms with Gasteiger partial charge in [-0.3, -0.25) is 4.28 Å². The van der Waals surface area contributed by atoms with Gasteiger partial charge in [-0.05, 0) is 23.3 Å². The first kappa shape index (κ1) is 20.5. The van der Waals surface area contributed by atoms with Crippen molar-refractivity contribution < 1.29 is 22.2 Å². The Labute approximate surface area is 161 Å². The van der Waals surface area contributed by atoms with Crippen molar-refractivity contribution in [3.05, 3.63) is 71.3 Å². The van der Waals surface area contributed by atoms with E-state index in [2.05, 4.69) is 14.2 Å². The maximum absolute atomic E-state index is 12.0. The van der Waals surface area contributed by atoms with Crippen molar-refractivity contribution >= 4 is 32.9 Å². The molecule has 0 N–H and O–H groups in total. The highest BCUT2D eigenvalue weighted by atomic mass is 32.2. The summed E-state index contributed by atoms with van der Waals surface area (Å²) in [4.78, 5) is 11.8. The van der Waals surface area contributed by atoms with E-state index in [1.165, 1.54) is 7.11 Å². The average Bonchev–Trinajstić information content (AvgIpc) is 2.68. The number of hydrogen-bond acceptors (Lipinski definition) is 8. The molecule has 0 unspecified atom stereocenters. The Morgan fingerprint density at radius 2 is 1.78 bits per heavy atom. The van der Waals surface area contributed by atoms with Gasteiger partial charge in [0.2, 0.25) is 5.04 Å². The molecule has 0 saturated heterocycles. The largest absolute Gasteiger partial charge is 0.464 e. The fraction of sp³-hybridized carbons (Fsp3) is 0.167. The van der Waals surface area contributed by atoms with E-state index in [1.54, 1.807) is 54.6 Å². The van der Waals surface area contributed by atoms with Crippen LogP contribution in [0.1, 0.15) is 16.7 Å². The molecule has 0 atom stereocenters. The quantitative estimate of drug-likeness (QED) is 0.315. The summed E-state index contributed by atoms with van der Waals surface area (Å²) >= 11 is 0.971. The normalized spacial score (nSPS) is 11.5. The van der Waals surface area contributed by atoms with E-state index in [0.717, 1.165) is 17.3 Å². The summed E-state index contributed by atoms with van der Waals surface area (Å²) in [6, 6.07) is 17.2. The molecular weight excluding hydrogens is 388 g/mol. The van der Waals surface area contributed by atoms with Gasteiger partial charge in [-0.25, -0.2) is 4.79 Å². The van der Waals surface area contributed by atoms with E-state index in [0.29, 0.717) is 16.9 Å². The highest BCUT2D eigenvalue weighted by Crippen LogP contribution is 2.17. The minimum Gasteiger partial charge on any atom is -0.464 e. The zero-order valence-corrected chi connectivity index (χ0v) is 16.0. The first-order chi connectivity index (χ1) is 12.9. The van der Waals surface area contributed by atoms with E-state index in [4.69, 9.17) is 5.26 Å². The second-order valence-corrected chi connectivity index (χ2v) is 7.76. The summed E-state index contributed by atoms with van der Waals surface area (Å²) in [5.74, 6) is -0.850. The maximum atomic E-state index is 12.0. The number of nitriles is 1. The van der Waals surface area contributed by atoms with Crippen LogP contribution >= 0.6 is 11.8 Å². The number of oxime groups is 1. The molecule has 0 heterocycles.